The molecule has 3 rings (SSSR count). The predicted octanol–water partition coefficient (Wildman–Crippen LogP) is 4.42. The number of anilines is 1. The van der Waals surface area contributed by atoms with Crippen LogP contribution >= 0.6 is 0 Å². The molecule has 138 valence electrons. The van der Waals surface area contributed by atoms with Crippen LogP contribution in [0.5, 0.6) is 17.2 Å². The highest BCUT2D eigenvalue weighted by atomic mass is 16.5. The lowest BCUT2D eigenvalue weighted by atomic mass is 10.2. The Balaban J connectivity index is 1.53. The molecule has 5 nitrogen and oxygen atoms in total. The molecule has 0 aromatic heterocycles. The normalized spacial score (nSPS) is 14.0. The van der Waals surface area contributed by atoms with Gasteiger partial charge in [0.2, 0.25) is 5.91 Å². The number of methoxy groups -OCH3 is 1. The number of carbonyl (C=O) groups excluding carboxylic acids is 1. The van der Waals surface area contributed by atoms with Gasteiger partial charge in [-0.3, -0.25) is 4.79 Å². The van der Waals surface area contributed by atoms with E-state index in [-0.39, 0.29) is 18.4 Å². The van der Waals surface area contributed by atoms with Crippen LogP contribution in [0.1, 0.15) is 32.1 Å². The smallest absolute Gasteiger partial charge is 0.227 e. The largest absolute Gasteiger partial charge is 0.493 e. The first kappa shape index (κ1) is 18.1. The van der Waals surface area contributed by atoms with E-state index in [1.165, 1.54) is 12.8 Å². The van der Waals surface area contributed by atoms with E-state index in [0.717, 1.165) is 18.6 Å². The molecule has 0 radical (unpaired) electrons. The first-order valence-corrected chi connectivity index (χ1v) is 9.07. The summed E-state index contributed by atoms with van der Waals surface area (Å²) in [5.41, 5.74) is 0.698. The summed E-state index contributed by atoms with van der Waals surface area (Å²) >= 11 is 0. The molecule has 0 atom stereocenters. The lowest BCUT2D eigenvalue weighted by Crippen LogP contribution is -2.16. The van der Waals surface area contributed by atoms with Crippen molar-refractivity contribution < 1.29 is 19.0 Å². The summed E-state index contributed by atoms with van der Waals surface area (Å²) in [6.07, 6.45) is 5.04. The molecule has 26 heavy (non-hydrogen) atoms. The highest BCUT2D eigenvalue weighted by molar-refractivity contribution is 5.91. The van der Waals surface area contributed by atoms with Gasteiger partial charge in [0.1, 0.15) is 5.75 Å². The molecule has 1 N–H and O–H groups in total. The molecule has 1 fully saturated rings. The first-order valence-electron chi connectivity index (χ1n) is 9.07. The highest BCUT2D eigenvalue weighted by Crippen LogP contribution is 2.33. The molecule has 0 saturated heterocycles. The second-order valence-electron chi connectivity index (χ2n) is 6.35. The number of para-hydroxylation sites is 1. The molecule has 0 bridgehead atoms. The van der Waals surface area contributed by atoms with E-state index in [1.807, 2.05) is 48.5 Å². The number of rotatable bonds is 8. The van der Waals surface area contributed by atoms with Crippen LogP contribution in [0.25, 0.3) is 0 Å². The van der Waals surface area contributed by atoms with E-state index in [2.05, 4.69) is 5.32 Å². The van der Waals surface area contributed by atoms with Gasteiger partial charge in [0.25, 0.3) is 0 Å². The van der Waals surface area contributed by atoms with Crippen molar-refractivity contribution in [1.29, 1.82) is 0 Å². The van der Waals surface area contributed by atoms with Crippen molar-refractivity contribution in [2.24, 2.45) is 0 Å². The average molecular weight is 355 g/mol. The quantitative estimate of drug-likeness (QED) is 0.761. The number of nitrogens with one attached hydrogen (secondary N) is 1. The van der Waals surface area contributed by atoms with Crippen molar-refractivity contribution in [1.82, 2.24) is 0 Å². The van der Waals surface area contributed by atoms with Crippen molar-refractivity contribution in [3.05, 3.63) is 48.5 Å². The summed E-state index contributed by atoms with van der Waals surface area (Å²) in [6, 6.07) is 14.9. The Morgan fingerprint density at radius 2 is 1.85 bits per heavy atom. The maximum atomic E-state index is 12.1. The third-order valence-corrected chi connectivity index (χ3v) is 4.38. The zero-order valence-corrected chi connectivity index (χ0v) is 15.1. The molecule has 2 aromatic rings. The fraction of sp³-hybridized carbons (Fsp3) is 0.381. The van der Waals surface area contributed by atoms with Gasteiger partial charge in [0.05, 0.1) is 26.2 Å². The molecule has 1 amide bonds. The molecule has 1 aliphatic carbocycles. The van der Waals surface area contributed by atoms with Crippen molar-refractivity contribution in [2.45, 2.75) is 38.2 Å². The van der Waals surface area contributed by atoms with Crippen molar-refractivity contribution in [3.63, 3.8) is 0 Å². The summed E-state index contributed by atoms with van der Waals surface area (Å²) in [7, 11) is 1.62. The zero-order chi connectivity index (χ0) is 18.2. The maximum Gasteiger partial charge on any atom is 0.227 e. The number of hydrogen-bond acceptors (Lipinski definition) is 4. The van der Waals surface area contributed by atoms with E-state index >= 15 is 0 Å². The van der Waals surface area contributed by atoms with Crippen LogP contribution in [0.3, 0.4) is 0 Å². The maximum absolute atomic E-state index is 12.1. The highest BCUT2D eigenvalue weighted by Gasteiger charge is 2.19. The molecule has 2 aromatic carbocycles. The van der Waals surface area contributed by atoms with Crippen LogP contribution in [0.2, 0.25) is 0 Å². The van der Waals surface area contributed by atoms with Crippen LogP contribution in [-0.2, 0) is 4.79 Å². The van der Waals surface area contributed by atoms with Crippen molar-refractivity contribution >= 4 is 11.6 Å². The van der Waals surface area contributed by atoms with Gasteiger partial charge >= 0.3 is 0 Å². The minimum absolute atomic E-state index is 0.0992. The van der Waals surface area contributed by atoms with Crippen LogP contribution in [0.4, 0.5) is 5.69 Å². The molecular weight excluding hydrogens is 330 g/mol. The fourth-order valence-electron chi connectivity index (χ4n) is 3.03. The Bertz CT molecular complexity index is 711. The average Bonchev–Trinajstić information content (AvgIpc) is 3.16. The third-order valence-electron chi connectivity index (χ3n) is 4.38. The van der Waals surface area contributed by atoms with Gasteiger partial charge in [-0.05, 0) is 49.9 Å². The van der Waals surface area contributed by atoms with Gasteiger partial charge in [0, 0.05) is 11.8 Å². The predicted molar refractivity (Wildman–Crippen MR) is 101 cm³/mol. The second kappa shape index (κ2) is 9.13. The number of carbonyl (C=O) groups is 1. The number of amides is 1. The summed E-state index contributed by atoms with van der Waals surface area (Å²) in [6.45, 7) is 0.331. The van der Waals surface area contributed by atoms with Gasteiger partial charge in [-0.25, -0.2) is 0 Å². The van der Waals surface area contributed by atoms with Gasteiger partial charge in [0.15, 0.2) is 11.5 Å². The molecule has 1 aliphatic rings. The van der Waals surface area contributed by atoms with Gasteiger partial charge in [-0.2, -0.15) is 0 Å². The molecule has 0 spiro atoms. The van der Waals surface area contributed by atoms with E-state index in [0.29, 0.717) is 23.8 Å². The van der Waals surface area contributed by atoms with E-state index in [1.54, 1.807) is 7.11 Å². The van der Waals surface area contributed by atoms with Crippen molar-refractivity contribution in [3.8, 4) is 17.2 Å². The van der Waals surface area contributed by atoms with E-state index in [4.69, 9.17) is 14.2 Å². The van der Waals surface area contributed by atoms with E-state index in [9.17, 15) is 4.79 Å². The van der Waals surface area contributed by atoms with Gasteiger partial charge in [-0.15, -0.1) is 0 Å². The second-order valence-corrected chi connectivity index (χ2v) is 6.35. The molecule has 0 unspecified atom stereocenters. The third kappa shape index (κ3) is 5.15. The zero-order valence-electron chi connectivity index (χ0n) is 15.1. The van der Waals surface area contributed by atoms with Crippen LogP contribution < -0.4 is 19.5 Å². The topological polar surface area (TPSA) is 56.8 Å². The fourth-order valence-corrected chi connectivity index (χ4v) is 3.03. The Morgan fingerprint density at radius 1 is 1.08 bits per heavy atom. The minimum atomic E-state index is -0.0992. The Kier molecular flexibility index (Phi) is 6.36. The summed E-state index contributed by atoms with van der Waals surface area (Å²) < 4.78 is 17.0. The standard InChI is InChI=1S/C21H25NO4/c1-24-19-12-11-16(15-20(19)26-18-9-5-6-10-18)22-21(23)13-14-25-17-7-3-2-4-8-17/h2-4,7-8,11-12,15,18H,5-6,9-10,13-14H2,1H3,(H,22,23). The molecular formula is C21H25NO4. The lowest BCUT2D eigenvalue weighted by molar-refractivity contribution is -0.116. The van der Waals surface area contributed by atoms with E-state index < -0.39 is 0 Å². The Labute approximate surface area is 154 Å². The van der Waals surface area contributed by atoms with Crippen LogP contribution in [-0.4, -0.2) is 25.7 Å². The summed E-state index contributed by atoms with van der Waals surface area (Å²) in [5.74, 6) is 2.02. The number of ether oxygens (including phenoxy) is 3. The molecule has 5 heteroatoms. The monoisotopic (exact) mass is 355 g/mol. The number of hydrogen-bond donors (Lipinski definition) is 1. The molecule has 1 saturated carbocycles. The summed E-state index contributed by atoms with van der Waals surface area (Å²) in [4.78, 5) is 12.1. The van der Waals surface area contributed by atoms with Crippen LogP contribution in [0.15, 0.2) is 48.5 Å². The first-order chi connectivity index (χ1) is 12.7. The van der Waals surface area contributed by atoms with Crippen molar-refractivity contribution in [2.75, 3.05) is 19.0 Å². The van der Waals surface area contributed by atoms with Crippen LogP contribution in [0, 0.1) is 0 Å². The molecule has 0 aliphatic heterocycles. The number of benzene rings is 2. The lowest BCUT2D eigenvalue weighted by Gasteiger charge is -2.17. The minimum Gasteiger partial charge on any atom is -0.493 e. The molecule has 0 heterocycles. The van der Waals surface area contributed by atoms with Gasteiger partial charge in [-0.1, -0.05) is 18.2 Å². The Morgan fingerprint density at radius 3 is 2.58 bits per heavy atom. The Hall–Kier alpha value is -2.69. The summed E-state index contributed by atoms with van der Waals surface area (Å²) in [5, 5.41) is 2.89. The SMILES string of the molecule is COc1ccc(NC(=O)CCOc2ccccc2)cc1OC1CCCC1. The van der Waals surface area contributed by atoms with Gasteiger partial charge < -0.3 is 19.5 Å².